The highest BCUT2D eigenvalue weighted by atomic mass is 32.2. The molecule has 2 unspecified atom stereocenters. The van der Waals surface area contributed by atoms with Crippen molar-refractivity contribution in [1.29, 1.82) is 0 Å². The SMILES string of the molecule is CSc1nc(C)nc(C)c1C(=O)NC1CCCCC1O. The van der Waals surface area contributed by atoms with E-state index in [2.05, 4.69) is 15.3 Å². The molecule has 1 saturated carbocycles. The lowest BCUT2D eigenvalue weighted by Crippen LogP contribution is -2.45. The van der Waals surface area contributed by atoms with E-state index < -0.39 is 6.10 Å². The van der Waals surface area contributed by atoms with Crippen molar-refractivity contribution in [3.8, 4) is 0 Å². The fourth-order valence-corrected chi connectivity index (χ4v) is 3.28. The number of nitrogens with one attached hydrogen (secondary N) is 1. The van der Waals surface area contributed by atoms with Gasteiger partial charge in [-0.05, 0) is 32.9 Å². The Morgan fingerprint density at radius 2 is 2.00 bits per heavy atom. The van der Waals surface area contributed by atoms with Gasteiger partial charge in [-0.3, -0.25) is 4.79 Å². The number of rotatable bonds is 3. The molecule has 110 valence electrons. The molecule has 5 nitrogen and oxygen atoms in total. The number of carbonyl (C=O) groups is 1. The number of hydrogen-bond donors (Lipinski definition) is 2. The summed E-state index contributed by atoms with van der Waals surface area (Å²) in [6.45, 7) is 3.64. The predicted molar refractivity (Wildman–Crippen MR) is 79.0 cm³/mol. The molecule has 1 aliphatic carbocycles. The molecule has 0 aromatic carbocycles. The molecule has 6 heteroatoms. The summed E-state index contributed by atoms with van der Waals surface area (Å²) in [5.74, 6) is 0.485. The summed E-state index contributed by atoms with van der Waals surface area (Å²) < 4.78 is 0. The van der Waals surface area contributed by atoms with Crippen molar-refractivity contribution in [2.45, 2.75) is 56.7 Å². The fourth-order valence-electron chi connectivity index (χ4n) is 2.61. The molecule has 1 amide bonds. The number of amides is 1. The Morgan fingerprint density at radius 1 is 1.30 bits per heavy atom. The van der Waals surface area contributed by atoms with Crippen LogP contribution in [0.1, 0.15) is 47.6 Å². The molecule has 1 aliphatic rings. The zero-order valence-electron chi connectivity index (χ0n) is 12.1. The van der Waals surface area contributed by atoms with Gasteiger partial charge in [-0.1, -0.05) is 12.8 Å². The molecule has 0 spiro atoms. The van der Waals surface area contributed by atoms with Gasteiger partial charge in [0.2, 0.25) is 0 Å². The maximum absolute atomic E-state index is 12.5. The van der Waals surface area contributed by atoms with Crippen molar-refractivity contribution in [2.24, 2.45) is 0 Å². The Labute approximate surface area is 123 Å². The number of carbonyl (C=O) groups excluding carboxylic acids is 1. The third-order valence-corrected chi connectivity index (χ3v) is 4.32. The first-order valence-electron chi connectivity index (χ1n) is 6.91. The molecule has 1 heterocycles. The van der Waals surface area contributed by atoms with Gasteiger partial charge < -0.3 is 10.4 Å². The summed E-state index contributed by atoms with van der Waals surface area (Å²) in [7, 11) is 0. The van der Waals surface area contributed by atoms with E-state index in [9.17, 15) is 9.90 Å². The Bertz CT molecular complexity index is 507. The quantitative estimate of drug-likeness (QED) is 0.657. The Kier molecular flexibility index (Phi) is 4.99. The van der Waals surface area contributed by atoms with Crippen LogP contribution in [-0.4, -0.2) is 39.4 Å². The smallest absolute Gasteiger partial charge is 0.256 e. The average molecular weight is 295 g/mol. The topological polar surface area (TPSA) is 75.1 Å². The second-order valence-electron chi connectivity index (χ2n) is 5.17. The molecule has 2 N–H and O–H groups in total. The summed E-state index contributed by atoms with van der Waals surface area (Å²) >= 11 is 1.44. The van der Waals surface area contributed by atoms with Crippen LogP contribution < -0.4 is 5.32 Å². The van der Waals surface area contributed by atoms with Crippen molar-refractivity contribution < 1.29 is 9.90 Å². The molecule has 0 saturated heterocycles. The van der Waals surface area contributed by atoms with E-state index in [1.807, 2.05) is 20.1 Å². The van der Waals surface area contributed by atoms with Crippen LogP contribution in [-0.2, 0) is 0 Å². The number of aryl methyl sites for hydroxylation is 2. The number of nitrogens with zero attached hydrogens (tertiary/aromatic N) is 2. The number of aromatic nitrogens is 2. The molecule has 0 bridgehead atoms. The molecular formula is C14H21N3O2S. The lowest BCUT2D eigenvalue weighted by molar-refractivity contribution is 0.0714. The van der Waals surface area contributed by atoms with E-state index in [1.165, 1.54) is 11.8 Å². The number of hydrogen-bond acceptors (Lipinski definition) is 5. The van der Waals surface area contributed by atoms with Crippen LogP contribution in [0.3, 0.4) is 0 Å². The van der Waals surface area contributed by atoms with Gasteiger partial charge in [0.1, 0.15) is 10.9 Å². The largest absolute Gasteiger partial charge is 0.391 e. The highest BCUT2D eigenvalue weighted by Crippen LogP contribution is 2.22. The van der Waals surface area contributed by atoms with Crippen LogP contribution in [0, 0.1) is 13.8 Å². The zero-order valence-corrected chi connectivity index (χ0v) is 13.0. The van der Waals surface area contributed by atoms with E-state index in [0.29, 0.717) is 22.1 Å². The van der Waals surface area contributed by atoms with Crippen LogP contribution in [0.5, 0.6) is 0 Å². The van der Waals surface area contributed by atoms with Gasteiger partial charge in [0.25, 0.3) is 5.91 Å². The fraction of sp³-hybridized carbons (Fsp3) is 0.643. The maximum Gasteiger partial charge on any atom is 0.256 e. The van der Waals surface area contributed by atoms with E-state index in [1.54, 1.807) is 0 Å². The average Bonchev–Trinajstić information content (AvgIpc) is 2.40. The van der Waals surface area contributed by atoms with Crippen molar-refractivity contribution in [3.63, 3.8) is 0 Å². The van der Waals surface area contributed by atoms with Gasteiger partial charge in [-0.15, -0.1) is 11.8 Å². The first-order valence-corrected chi connectivity index (χ1v) is 8.13. The van der Waals surface area contributed by atoms with Crippen LogP contribution in [0.15, 0.2) is 5.03 Å². The summed E-state index contributed by atoms with van der Waals surface area (Å²) in [5.41, 5.74) is 1.21. The maximum atomic E-state index is 12.5. The van der Waals surface area contributed by atoms with Crippen molar-refractivity contribution in [2.75, 3.05) is 6.26 Å². The molecule has 1 aromatic heterocycles. The van der Waals surface area contributed by atoms with Gasteiger partial charge in [0, 0.05) is 0 Å². The van der Waals surface area contributed by atoms with Gasteiger partial charge in [-0.2, -0.15) is 0 Å². The van der Waals surface area contributed by atoms with Gasteiger partial charge >= 0.3 is 0 Å². The molecule has 1 aromatic rings. The zero-order chi connectivity index (χ0) is 14.7. The lowest BCUT2D eigenvalue weighted by Gasteiger charge is -2.28. The van der Waals surface area contributed by atoms with Crippen molar-refractivity contribution >= 4 is 17.7 Å². The second kappa shape index (κ2) is 6.54. The Balaban J connectivity index is 2.20. The first-order chi connectivity index (χ1) is 9.52. The van der Waals surface area contributed by atoms with Crippen LogP contribution in [0.25, 0.3) is 0 Å². The summed E-state index contributed by atoms with van der Waals surface area (Å²) in [6.07, 6.45) is 5.10. The second-order valence-corrected chi connectivity index (χ2v) is 5.97. The van der Waals surface area contributed by atoms with E-state index in [0.717, 1.165) is 25.7 Å². The normalized spacial score (nSPS) is 22.6. The van der Waals surface area contributed by atoms with E-state index in [4.69, 9.17) is 0 Å². The third-order valence-electron chi connectivity index (χ3n) is 3.63. The van der Waals surface area contributed by atoms with Crippen LogP contribution in [0.2, 0.25) is 0 Å². The summed E-state index contributed by atoms with van der Waals surface area (Å²) in [5, 5.41) is 13.6. The highest BCUT2D eigenvalue weighted by molar-refractivity contribution is 7.98. The monoisotopic (exact) mass is 295 g/mol. The highest BCUT2D eigenvalue weighted by Gasteiger charge is 2.27. The number of aliphatic hydroxyl groups is 1. The Hall–Kier alpha value is -1.14. The third kappa shape index (κ3) is 3.30. The lowest BCUT2D eigenvalue weighted by atomic mass is 9.92. The Morgan fingerprint density at radius 3 is 2.65 bits per heavy atom. The molecule has 20 heavy (non-hydrogen) atoms. The number of thioether (sulfide) groups is 1. The van der Waals surface area contributed by atoms with E-state index in [-0.39, 0.29) is 11.9 Å². The van der Waals surface area contributed by atoms with Crippen LogP contribution in [0.4, 0.5) is 0 Å². The molecule has 2 rings (SSSR count). The molecule has 2 atom stereocenters. The van der Waals surface area contributed by atoms with E-state index >= 15 is 0 Å². The minimum absolute atomic E-state index is 0.161. The standard InChI is InChI=1S/C14H21N3O2S/c1-8-12(14(20-3)16-9(2)15-8)13(19)17-10-6-4-5-7-11(10)18/h10-11,18H,4-7H2,1-3H3,(H,17,19). The predicted octanol–water partition coefficient (Wildman–Crippen LogP) is 1.85. The number of aliphatic hydroxyl groups excluding tert-OH is 1. The van der Waals surface area contributed by atoms with Gasteiger partial charge in [0.05, 0.1) is 23.4 Å². The molecule has 1 fully saturated rings. The minimum Gasteiger partial charge on any atom is -0.391 e. The molecular weight excluding hydrogens is 274 g/mol. The summed E-state index contributed by atoms with van der Waals surface area (Å²) in [6, 6.07) is -0.161. The van der Waals surface area contributed by atoms with Crippen LogP contribution >= 0.6 is 11.8 Å². The molecule has 0 radical (unpaired) electrons. The first kappa shape index (κ1) is 15.3. The minimum atomic E-state index is -0.447. The molecule has 0 aliphatic heterocycles. The van der Waals surface area contributed by atoms with Gasteiger partial charge in [0.15, 0.2) is 0 Å². The summed E-state index contributed by atoms with van der Waals surface area (Å²) in [4.78, 5) is 21.0. The van der Waals surface area contributed by atoms with Gasteiger partial charge in [-0.25, -0.2) is 9.97 Å². The van der Waals surface area contributed by atoms with Crippen molar-refractivity contribution in [1.82, 2.24) is 15.3 Å². The van der Waals surface area contributed by atoms with Crippen molar-refractivity contribution in [3.05, 3.63) is 17.1 Å².